The van der Waals surface area contributed by atoms with Crippen molar-refractivity contribution in [2.24, 2.45) is 0 Å². The first-order valence-electron chi connectivity index (χ1n) is 6.17. The summed E-state index contributed by atoms with van der Waals surface area (Å²) in [6.45, 7) is 2.70. The number of piperidine rings is 1. The predicted octanol–water partition coefficient (Wildman–Crippen LogP) is 2.43. The van der Waals surface area contributed by atoms with Gasteiger partial charge in [0.05, 0.1) is 6.10 Å². The quantitative estimate of drug-likeness (QED) is 0.674. The molecule has 0 aromatic carbocycles. The first-order chi connectivity index (χ1) is 6.90. The topological polar surface area (TPSA) is 12.5 Å². The number of nitrogens with zero attached hydrogens (tertiary/aromatic N) is 1. The summed E-state index contributed by atoms with van der Waals surface area (Å²) in [5, 5.41) is 0. The van der Waals surface area contributed by atoms with Crippen LogP contribution in [0.3, 0.4) is 0 Å². The highest BCUT2D eigenvalue weighted by Crippen LogP contribution is 2.26. The summed E-state index contributed by atoms with van der Waals surface area (Å²) in [7, 11) is 1.85. The Kier molecular flexibility index (Phi) is 3.82. The van der Waals surface area contributed by atoms with E-state index in [1.54, 1.807) is 0 Å². The van der Waals surface area contributed by atoms with Gasteiger partial charge in [-0.05, 0) is 51.6 Å². The highest BCUT2D eigenvalue weighted by Gasteiger charge is 2.26. The minimum atomic E-state index is 0.552. The molecule has 0 unspecified atom stereocenters. The highest BCUT2D eigenvalue weighted by molar-refractivity contribution is 4.81. The molecule has 14 heavy (non-hydrogen) atoms. The summed E-state index contributed by atoms with van der Waals surface area (Å²) in [4.78, 5) is 2.72. The summed E-state index contributed by atoms with van der Waals surface area (Å²) in [5.74, 6) is 0. The summed E-state index contributed by atoms with van der Waals surface area (Å²) in [6, 6.07) is 0.877. The first-order valence-corrected chi connectivity index (χ1v) is 6.17. The van der Waals surface area contributed by atoms with E-state index in [0.717, 1.165) is 6.04 Å². The van der Waals surface area contributed by atoms with Gasteiger partial charge in [0.15, 0.2) is 0 Å². The average molecular weight is 197 g/mol. The van der Waals surface area contributed by atoms with Gasteiger partial charge >= 0.3 is 0 Å². The molecule has 0 spiro atoms. The van der Waals surface area contributed by atoms with E-state index in [1.165, 1.54) is 58.0 Å². The minimum absolute atomic E-state index is 0.552. The fraction of sp³-hybridized carbons (Fsp3) is 1.00. The molecule has 0 aromatic heterocycles. The Morgan fingerprint density at radius 1 is 0.929 bits per heavy atom. The second-order valence-corrected chi connectivity index (χ2v) is 4.76. The monoisotopic (exact) mass is 197 g/mol. The van der Waals surface area contributed by atoms with Crippen LogP contribution < -0.4 is 0 Å². The molecule has 82 valence electrons. The highest BCUT2D eigenvalue weighted by atomic mass is 16.5. The zero-order chi connectivity index (χ0) is 9.80. The van der Waals surface area contributed by atoms with Crippen molar-refractivity contribution in [2.45, 2.75) is 57.1 Å². The fourth-order valence-corrected chi connectivity index (χ4v) is 2.93. The molecule has 1 saturated heterocycles. The van der Waals surface area contributed by atoms with Gasteiger partial charge in [-0.3, -0.25) is 0 Å². The Labute approximate surface area is 87.6 Å². The van der Waals surface area contributed by atoms with Crippen LogP contribution in [0.4, 0.5) is 0 Å². The summed E-state index contributed by atoms with van der Waals surface area (Å²) in [6.07, 6.45) is 10.1. The molecule has 2 heteroatoms. The maximum atomic E-state index is 5.41. The Balaban J connectivity index is 1.76. The third-order valence-corrected chi connectivity index (χ3v) is 3.88. The van der Waals surface area contributed by atoms with Gasteiger partial charge in [0.1, 0.15) is 0 Å². The second-order valence-electron chi connectivity index (χ2n) is 4.76. The maximum absolute atomic E-state index is 5.41. The zero-order valence-electron chi connectivity index (χ0n) is 9.37. The number of ether oxygens (including phenoxy) is 1. The van der Waals surface area contributed by atoms with Gasteiger partial charge in [-0.1, -0.05) is 6.42 Å². The Bertz CT molecular complexity index is 158. The van der Waals surface area contributed by atoms with Crippen LogP contribution >= 0.6 is 0 Å². The van der Waals surface area contributed by atoms with Gasteiger partial charge in [-0.25, -0.2) is 0 Å². The van der Waals surface area contributed by atoms with E-state index in [-0.39, 0.29) is 0 Å². The minimum Gasteiger partial charge on any atom is -0.381 e. The number of methoxy groups -OCH3 is 1. The van der Waals surface area contributed by atoms with Crippen LogP contribution in [0.1, 0.15) is 44.9 Å². The van der Waals surface area contributed by atoms with Crippen LogP contribution in [0, 0.1) is 0 Å². The molecule has 1 heterocycles. The molecule has 0 N–H and O–H groups in total. The molecule has 2 rings (SSSR count). The lowest BCUT2D eigenvalue weighted by Gasteiger charge is -2.38. The van der Waals surface area contributed by atoms with Crippen LogP contribution in [-0.4, -0.2) is 37.2 Å². The number of hydrogen-bond acceptors (Lipinski definition) is 2. The molecular weight excluding hydrogens is 174 g/mol. The van der Waals surface area contributed by atoms with Crippen LogP contribution in [0.5, 0.6) is 0 Å². The van der Waals surface area contributed by atoms with Gasteiger partial charge in [-0.15, -0.1) is 0 Å². The molecule has 2 aliphatic rings. The second kappa shape index (κ2) is 5.13. The summed E-state index contributed by atoms with van der Waals surface area (Å²) < 4.78 is 5.41. The van der Waals surface area contributed by atoms with Gasteiger partial charge in [0.2, 0.25) is 0 Å². The summed E-state index contributed by atoms with van der Waals surface area (Å²) >= 11 is 0. The largest absolute Gasteiger partial charge is 0.381 e. The Hall–Kier alpha value is -0.0800. The van der Waals surface area contributed by atoms with E-state index in [9.17, 15) is 0 Å². The van der Waals surface area contributed by atoms with Crippen molar-refractivity contribution in [3.63, 3.8) is 0 Å². The molecular formula is C12H23NO. The van der Waals surface area contributed by atoms with E-state index in [1.807, 2.05) is 7.11 Å². The van der Waals surface area contributed by atoms with Crippen molar-refractivity contribution in [1.29, 1.82) is 0 Å². The SMILES string of the molecule is COC1CCC(N2CCCCC2)CC1. The van der Waals surface area contributed by atoms with E-state index < -0.39 is 0 Å². The zero-order valence-corrected chi connectivity index (χ0v) is 9.37. The van der Waals surface area contributed by atoms with Crippen molar-refractivity contribution in [1.82, 2.24) is 4.90 Å². The lowest BCUT2D eigenvalue weighted by Crippen LogP contribution is -2.42. The third kappa shape index (κ3) is 2.48. The fourth-order valence-electron chi connectivity index (χ4n) is 2.93. The van der Waals surface area contributed by atoms with E-state index in [0.29, 0.717) is 6.10 Å². The molecule has 2 fully saturated rings. The van der Waals surface area contributed by atoms with E-state index >= 15 is 0 Å². The third-order valence-electron chi connectivity index (χ3n) is 3.88. The standard InChI is InChI=1S/C12H23NO/c1-14-12-7-5-11(6-8-12)13-9-3-2-4-10-13/h11-12H,2-10H2,1H3. The molecule has 0 aromatic rings. The molecule has 1 aliphatic heterocycles. The van der Waals surface area contributed by atoms with Crippen LogP contribution in [0.25, 0.3) is 0 Å². The molecule has 2 nitrogen and oxygen atoms in total. The molecule has 0 atom stereocenters. The number of likely N-dealkylation sites (tertiary alicyclic amines) is 1. The van der Waals surface area contributed by atoms with Crippen molar-refractivity contribution in [3.05, 3.63) is 0 Å². The smallest absolute Gasteiger partial charge is 0.0572 e. The molecule has 0 radical (unpaired) electrons. The van der Waals surface area contributed by atoms with Crippen molar-refractivity contribution < 1.29 is 4.74 Å². The normalized spacial score (nSPS) is 35.8. The first kappa shape index (κ1) is 10.4. The Morgan fingerprint density at radius 3 is 2.14 bits per heavy atom. The van der Waals surface area contributed by atoms with Crippen LogP contribution in [-0.2, 0) is 4.74 Å². The number of hydrogen-bond donors (Lipinski definition) is 0. The van der Waals surface area contributed by atoms with E-state index in [2.05, 4.69) is 4.90 Å². The average Bonchev–Trinajstić information content (AvgIpc) is 2.30. The van der Waals surface area contributed by atoms with Crippen LogP contribution in [0.15, 0.2) is 0 Å². The Morgan fingerprint density at radius 2 is 1.57 bits per heavy atom. The lowest BCUT2D eigenvalue weighted by molar-refractivity contribution is 0.0337. The summed E-state index contributed by atoms with van der Waals surface area (Å²) in [5.41, 5.74) is 0. The van der Waals surface area contributed by atoms with Crippen molar-refractivity contribution >= 4 is 0 Å². The van der Waals surface area contributed by atoms with Gasteiger partial charge in [0, 0.05) is 13.2 Å². The van der Waals surface area contributed by atoms with E-state index in [4.69, 9.17) is 4.74 Å². The molecule has 0 amide bonds. The van der Waals surface area contributed by atoms with Gasteiger partial charge < -0.3 is 9.64 Å². The molecule has 0 bridgehead atoms. The van der Waals surface area contributed by atoms with Crippen molar-refractivity contribution in [3.8, 4) is 0 Å². The molecule has 1 aliphatic carbocycles. The predicted molar refractivity (Wildman–Crippen MR) is 58.5 cm³/mol. The lowest BCUT2D eigenvalue weighted by atomic mass is 9.91. The van der Waals surface area contributed by atoms with Crippen molar-refractivity contribution in [2.75, 3.05) is 20.2 Å². The van der Waals surface area contributed by atoms with Gasteiger partial charge in [0.25, 0.3) is 0 Å². The molecule has 1 saturated carbocycles. The number of rotatable bonds is 2. The van der Waals surface area contributed by atoms with Gasteiger partial charge in [-0.2, -0.15) is 0 Å². The van der Waals surface area contributed by atoms with Crippen LogP contribution in [0.2, 0.25) is 0 Å². The maximum Gasteiger partial charge on any atom is 0.0572 e.